The molecule has 7 atom stereocenters. The Morgan fingerprint density at radius 3 is 2.43 bits per heavy atom. The molecule has 2 bridgehead atoms. The normalized spacial score (nSPS) is 32.0. The maximum Gasteiger partial charge on any atom is 0.405 e. The Balaban J connectivity index is 2.61. The summed E-state index contributed by atoms with van der Waals surface area (Å²) >= 11 is 0. The zero-order valence-corrected chi connectivity index (χ0v) is 25.6. The number of nitrogens with two attached hydrogens (primary N) is 1. The lowest BCUT2D eigenvalue weighted by molar-refractivity contribution is -0.123. The number of nitrogens with one attached hydrogen (secondary N) is 1. The van der Waals surface area contributed by atoms with Crippen LogP contribution in [-0.2, 0) is 28.6 Å². The van der Waals surface area contributed by atoms with E-state index in [9.17, 15) is 24.3 Å². The molecule has 2 rings (SSSR count). The number of hydrogen-bond donors (Lipinski definition) is 3. The number of aliphatic imine (C=N–C) groups is 1. The Labute approximate surface area is 247 Å². The molecule has 0 saturated carbocycles. The van der Waals surface area contributed by atoms with E-state index in [2.05, 4.69) is 10.3 Å². The fourth-order valence-corrected chi connectivity index (χ4v) is 5.17. The summed E-state index contributed by atoms with van der Waals surface area (Å²) in [6.07, 6.45) is 4.70. The molecule has 0 aromatic carbocycles. The van der Waals surface area contributed by atoms with Crippen LogP contribution in [0.4, 0.5) is 4.79 Å². The van der Waals surface area contributed by atoms with E-state index >= 15 is 0 Å². The fourth-order valence-electron chi connectivity index (χ4n) is 5.17. The van der Waals surface area contributed by atoms with Crippen molar-refractivity contribution in [2.45, 2.75) is 78.3 Å². The number of methoxy groups -OCH3 is 2. The third-order valence-electron chi connectivity index (χ3n) is 7.48. The molecular formula is C31H45N3O8. The number of allylic oxidation sites excluding steroid dienone is 4. The van der Waals surface area contributed by atoms with Gasteiger partial charge in [-0.1, -0.05) is 45.1 Å². The highest BCUT2D eigenvalue weighted by Gasteiger charge is 2.38. The third kappa shape index (κ3) is 9.30. The van der Waals surface area contributed by atoms with Crippen molar-refractivity contribution >= 4 is 29.3 Å². The molecule has 232 valence electrons. The number of nitrogens with zero attached hydrogens (tertiary/aromatic N) is 1. The Hall–Kier alpha value is -3.41. The van der Waals surface area contributed by atoms with Crippen LogP contribution in [0.1, 0.15) is 53.9 Å². The van der Waals surface area contributed by atoms with Crippen LogP contribution >= 0.6 is 0 Å². The average Bonchev–Trinajstić information content (AvgIpc) is 2.94. The van der Waals surface area contributed by atoms with Gasteiger partial charge in [0, 0.05) is 38.3 Å². The number of carbonyl (C=O) groups excluding carboxylic acids is 4. The number of ketones is 2. The van der Waals surface area contributed by atoms with Crippen molar-refractivity contribution in [1.82, 2.24) is 5.32 Å². The van der Waals surface area contributed by atoms with Crippen LogP contribution in [0.15, 0.2) is 52.2 Å². The van der Waals surface area contributed by atoms with Crippen molar-refractivity contribution in [3.05, 3.63) is 47.2 Å². The summed E-state index contributed by atoms with van der Waals surface area (Å²) in [5.41, 5.74) is 6.29. The molecule has 0 fully saturated rings. The molecule has 1 heterocycles. The van der Waals surface area contributed by atoms with Gasteiger partial charge in [-0.15, -0.1) is 0 Å². The van der Waals surface area contributed by atoms with Gasteiger partial charge in [-0.25, -0.2) is 4.79 Å². The van der Waals surface area contributed by atoms with Crippen LogP contribution < -0.4 is 11.1 Å². The van der Waals surface area contributed by atoms with Crippen LogP contribution in [0, 0.1) is 17.8 Å². The highest BCUT2D eigenvalue weighted by molar-refractivity contribution is 6.51. The number of aliphatic hydroxyl groups is 1. The third-order valence-corrected chi connectivity index (χ3v) is 7.48. The number of rotatable bonds is 5. The fraction of sp³-hybridized carbons (Fsp3) is 0.581. The summed E-state index contributed by atoms with van der Waals surface area (Å²) in [6.45, 7) is 9.35. The predicted octanol–water partition coefficient (Wildman–Crippen LogP) is 2.98. The zero-order valence-electron chi connectivity index (χ0n) is 25.6. The van der Waals surface area contributed by atoms with Crippen molar-refractivity contribution in [3.8, 4) is 0 Å². The second-order valence-corrected chi connectivity index (χ2v) is 11.0. The van der Waals surface area contributed by atoms with Crippen LogP contribution in [0.25, 0.3) is 0 Å². The monoisotopic (exact) mass is 587 g/mol. The molecule has 4 N–H and O–H groups in total. The van der Waals surface area contributed by atoms with Gasteiger partial charge >= 0.3 is 6.09 Å². The molecule has 11 heteroatoms. The standard InChI is InChI=1S/C31H45N3O8/c1-8-12-33-26-21-13-17(2)14-25(41-7)27(36)19(4)15-20(5)29(42-31(32)39)24(40-6)11-9-10-18(3)30(38)34-22(28(21)37)16-23(26)35/h9-11,15-17,19,21,24-25,27,29,36H,8,12-14H2,1-7H3,(H2,32,39)(H,34,38)/b11-9-,18-10?,20-15?,33-26?/t17-,19+,21?,24+,25+,27-,29+/m1/s1. The second kappa shape index (κ2) is 16.3. The van der Waals surface area contributed by atoms with E-state index in [-0.39, 0.29) is 29.3 Å². The lowest BCUT2D eigenvalue weighted by atomic mass is 9.79. The van der Waals surface area contributed by atoms with E-state index in [1.807, 2.05) is 20.8 Å². The average molecular weight is 588 g/mol. The van der Waals surface area contributed by atoms with Gasteiger partial charge < -0.3 is 30.4 Å². The van der Waals surface area contributed by atoms with Crippen molar-refractivity contribution < 1.29 is 38.5 Å². The minimum absolute atomic E-state index is 0.0891. The summed E-state index contributed by atoms with van der Waals surface area (Å²) < 4.78 is 16.6. The Morgan fingerprint density at radius 2 is 1.83 bits per heavy atom. The van der Waals surface area contributed by atoms with Gasteiger partial charge in [-0.05, 0) is 44.6 Å². The van der Waals surface area contributed by atoms with Gasteiger partial charge in [-0.3, -0.25) is 19.4 Å². The largest absolute Gasteiger partial charge is 0.439 e. The molecule has 11 nitrogen and oxygen atoms in total. The predicted molar refractivity (Wildman–Crippen MR) is 159 cm³/mol. The van der Waals surface area contributed by atoms with Gasteiger partial charge in [0.05, 0.1) is 29.5 Å². The number of carbonyl (C=O) groups is 4. The van der Waals surface area contributed by atoms with Crippen molar-refractivity contribution in [2.75, 3.05) is 20.8 Å². The number of primary amides is 1. The topological polar surface area (TPSA) is 167 Å². The van der Waals surface area contributed by atoms with Gasteiger partial charge in [0.2, 0.25) is 5.78 Å². The molecule has 0 spiro atoms. The summed E-state index contributed by atoms with van der Waals surface area (Å²) in [6, 6.07) is 0. The Morgan fingerprint density at radius 1 is 1.14 bits per heavy atom. The first kappa shape index (κ1) is 34.8. The minimum Gasteiger partial charge on any atom is -0.439 e. The lowest BCUT2D eigenvalue weighted by Crippen LogP contribution is -2.42. The molecule has 1 unspecified atom stereocenters. The van der Waals surface area contributed by atoms with Gasteiger partial charge in [-0.2, -0.15) is 0 Å². The number of fused-ring (bicyclic) bond motifs is 2. The molecule has 1 aliphatic heterocycles. The van der Waals surface area contributed by atoms with Gasteiger partial charge in [0.25, 0.3) is 5.91 Å². The van der Waals surface area contributed by atoms with E-state index in [0.29, 0.717) is 25.0 Å². The summed E-state index contributed by atoms with van der Waals surface area (Å²) in [4.78, 5) is 55.8. The quantitative estimate of drug-likeness (QED) is 0.413. The summed E-state index contributed by atoms with van der Waals surface area (Å²) in [5.74, 6) is -2.79. The smallest absolute Gasteiger partial charge is 0.405 e. The first-order chi connectivity index (χ1) is 19.8. The Kier molecular flexibility index (Phi) is 13.5. The van der Waals surface area contributed by atoms with Crippen molar-refractivity contribution in [3.63, 3.8) is 0 Å². The molecule has 0 aromatic rings. The van der Waals surface area contributed by atoms with Crippen molar-refractivity contribution in [1.29, 1.82) is 0 Å². The maximum atomic E-state index is 13.6. The van der Waals surface area contributed by atoms with E-state index in [1.165, 1.54) is 20.3 Å². The summed E-state index contributed by atoms with van der Waals surface area (Å²) in [5, 5.41) is 13.8. The van der Waals surface area contributed by atoms with E-state index in [1.54, 1.807) is 32.1 Å². The number of amides is 2. The number of aliphatic hydroxyl groups excluding tert-OH is 1. The molecule has 1 aliphatic carbocycles. The maximum absolute atomic E-state index is 13.6. The van der Waals surface area contributed by atoms with Gasteiger partial charge in [0.1, 0.15) is 6.10 Å². The number of hydrogen-bond acceptors (Lipinski definition) is 9. The number of ether oxygens (including phenoxy) is 3. The van der Waals surface area contributed by atoms with E-state index in [4.69, 9.17) is 19.9 Å². The van der Waals surface area contributed by atoms with E-state index in [0.717, 1.165) is 6.08 Å². The second-order valence-electron chi connectivity index (χ2n) is 11.0. The molecule has 2 amide bonds. The van der Waals surface area contributed by atoms with E-state index < -0.39 is 59.8 Å². The zero-order chi connectivity index (χ0) is 31.6. The molecule has 2 aliphatic rings. The van der Waals surface area contributed by atoms with Crippen LogP contribution in [0.5, 0.6) is 0 Å². The molecule has 0 aromatic heterocycles. The molecule has 0 radical (unpaired) electrons. The highest BCUT2D eigenvalue weighted by atomic mass is 16.6. The highest BCUT2D eigenvalue weighted by Crippen LogP contribution is 2.29. The van der Waals surface area contributed by atoms with Crippen LogP contribution in [0.3, 0.4) is 0 Å². The van der Waals surface area contributed by atoms with Gasteiger partial charge in [0.15, 0.2) is 11.9 Å². The first-order valence-electron chi connectivity index (χ1n) is 14.2. The number of Topliss-reactive ketones (excluding diaryl/α,β-unsaturated/α-hetero) is 1. The molecular weight excluding hydrogens is 542 g/mol. The summed E-state index contributed by atoms with van der Waals surface area (Å²) in [7, 11) is 2.94. The lowest BCUT2D eigenvalue weighted by Gasteiger charge is -2.31. The SMILES string of the molecule is CCCN=C1C(=O)C=C2NC(=O)C(C)=C/C=C\[C@H](OC)[C@@H](OC(N)=O)C(C)=C[C@H](C)[C@@H](O)[C@@H](OC)C[C@H](C)CC1C2=O. The Bertz CT molecular complexity index is 1170. The molecule has 42 heavy (non-hydrogen) atoms. The first-order valence-corrected chi connectivity index (χ1v) is 14.2. The minimum atomic E-state index is -0.995. The van der Waals surface area contributed by atoms with Crippen molar-refractivity contribution in [2.24, 2.45) is 28.5 Å². The van der Waals surface area contributed by atoms with Crippen LogP contribution in [-0.4, -0.2) is 79.6 Å². The molecule has 0 saturated heterocycles. The van der Waals surface area contributed by atoms with Crippen LogP contribution in [0.2, 0.25) is 0 Å².